The molecule has 2 rings (SSSR count). The number of nitrogens with two attached hydrogens (primary N) is 1. The third kappa shape index (κ3) is 4.79. The lowest BCUT2D eigenvalue weighted by Gasteiger charge is -2.18. The molecule has 3 N–H and O–H groups in total. The molecule has 2 unspecified atom stereocenters. The maximum absolute atomic E-state index is 12.0. The van der Waals surface area contributed by atoms with Crippen molar-refractivity contribution in [1.82, 2.24) is 4.90 Å². The fourth-order valence-corrected chi connectivity index (χ4v) is 2.41. The molecule has 0 radical (unpaired) electrons. The van der Waals surface area contributed by atoms with E-state index in [2.05, 4.69) is 5.32 Å². The molecule has 0 aliphatic carbocycles. The molecule has 6 nitrogen and oxygen atoms in total. The standard InChI is InChI=1S/C17H23N3O3.ClH/c1-3-11(2)16(18)17(23)19-13-6-4-12(5-7-13)10-20-14(21)8-9-15(20)22;/h4-7,11,16H,3,8-10,18H2,1-2H3,(H,19,23);1H. The van der Waals surface area contributed by atoms with Gasteiger partial charge in [0, 0.05) is 18.5 Å². The number of carbonyl (C=O) groups excluding carboxylic acids is 3. The van der Waals surface area contributed by atoms with Crippen molar-refractivity contribution in [1.29, 1.82) is 0 Å². The number of likely N-dealkylation sites (tertiary alicyclic amines) is 1. The number of anilines is 1. The fourth-order valence-electron chi connectivity index (χ4n) is 2.41. The van der Waals surface area contributed by atoms with Crippen molar-refractivity contribution in [2.45, 2.75) is 45.7 Å². The summed E-state index contributed by atoms with van der Waals surface area (Å²) in [5, 5.41) is 2.78. The molecule has 7 heteroatoms. The number of carbonyl (C=O) groups is 3. The van der Waals surface area contributed by atoms with E-state index in [9.17, 15) is 14.4 Å². The minimum Gasteiger partial charge on any atom is -0.325 e. The SMILES string of the molecule is CCC(C)C(N)C(=O)Nc1ccc(CN2C(=O)CCC2=O)cc1.Cl. The van der Waals surface area contributed by atoms with Gasteiger partial charge in [0.25, 0.3) is 0 Å². The van der Waals surface area contributed by atoms with E-state index >= 15 is 0 Å². The number of nitrogens with one attached hydrogen (secondary N) is 1. The highest BCUT2D eigenvalue weighted by Gasteiger charge is 2.28. The van der Waals surface area contributed by atoms with Gasteiger partial charge in [-0.2, -0.15) is 0 Å². The first-order valence-electron chi connectivity index (χ1n) is 7.91. The number of halogens is 1. The Hall–Kier alpha value is -1.92. The molecule has 1 heterocycles. The van der Waals surface area contributed by atoms with Crippen molar-refractivity contribution in [2.24, 2.45) is 11.7 Å². The monoisotopic (exact) mass is 353 g/mol. The van der Waals surface area contributed by atoms with Crippen molar-refractivity contribution < 1.29 is 14.4 Å². The van der Waals surface area contributed by atoms with Gasteiger partial charge in [0.1, 0.15) is 0 Å². The molecule has 0 aromatic heterocycles. The van der Waals surface area contributed by atoms with E-state index in [0.717, 1.165) is 12.0 Å². The number of imide groups is 1. The van der Waals surface area contributed by atoms with Crippen LogP contribution in [0.2, 0.25) is 0 Å². The highest BCUT2D eigenvalue weighted by molar-refractivity contribution is 6.01. The Morgan fingerprint density at radius 2 is 1.75 bits per heavy atom. The van der Waals surface area contributed by atoms with Gasteiger partial charge in [-0.1, -0.05) is 32.4 Å². The normalized spacial score (nSPS) is 16.5. The Morgan fingerprint density at radius 1 is 1.21 bits per heavy atom. The van der Waals surface area contributed by atoms with Gasteiger partial charge in [-0.05, 0) is 23.6 Å². The predicted octanol–water partition coefficient (Wildman–Crippen LogP) is 2.07. The molecule has 2 atom stereocenters. The second-order valence-electron chi connectivity index (χ2n) is 5.97. The zero-order valence-corrected chi connectivity index (χ0v) is 14.8. The Balaban J connectivity index is 0.00000288. The molecule has 132 valence electrons. The van der Waals surface area contributed by atoms with Crippen LogP contribution in [-0.4, -0.2) is 28.7 Å². The molecule has 0 spiro atoms. The van der Waals surface area contributed by atoms with E-state index in [4.69, 9.17) is 5.73 Å². The zero-order chi connectivity index (χ0) is 17.0. The van der Waals surface area contributed by atoms with E-state index in [-0.39, 0.29) is 42.6 Å². The van der Waals surface area contributed by atoms with Gasteiger partial charge in [0.2, 0.25) is 17.7 Å². The first-order chi connectivity index (χ1) is 10.9. The molecule has 1 aromatic carbocycles. The van der Waals surface area contributed by atoms with Crippen molar-refractivity contribution in [2.75, 3.05) is 5.32 Å². The Labute approximate surface area is 148 Å². The summed E-state index contributed by atoms with van der Waals surface area (Å²) in [7, 11) is 0. The molecular weight excluding hydrogens is 330 g/mol. The summed E-state index contributed by atoms with van der Waals surface area (Å²) in [6, 6.07) is 6.55. The van der Waals surface area contributed by atoms with Crippen LogP contribution >= 0.6 is 12.4 Å². The summed E-state index contributed by atoms with van der Waals surface area (Å²) in [4.78, 5) is 36.5. The van der Waals surface area contributed by atoms with Crippen LogP contribution in [-0.2, 0) is 20.9 Å². The first-order valence-corrected chi connectivity index (χ1v) is 7.91. The Bertz CT molecular complexity index is 588. The predicted molar refractivity (Wildman–Crippen MR) is 94.5 cm³/mol. The second kappa shape index (κ2) is 8.80. The van der Waals surface area contributed by atoms with Crippen LogP contribution in [0.3, 0.4) is 0 Å². The minimum absolute atomic E-state index is 0. The number of amides is 3. The third-order valence-electron chi connectivity index (χ3n) is 4.28. The molecule has 1 aromatic rings. The lowest BCUT2D eigenvalue weighted by molar-refractivity contribution is -0.139. The quantitative estimate of drug-likeness (QED) is 0.766. The van der Waals surface area contributed by atoms with E-state index in [0.29, 0.717) is 18.5 Å². The summed E-state index contributed by atoms with van der Waals surface area (Å²) < 4.78 is 0. The zero-order valence-electron chi connectivity index (χ0n) is 14.0. The van der Waals surface area contributed by atoms with Crippen LogP contribution in [0.5, 0.6) is 0 Å². The van der Waals surface area contributed by atoms with E-state index in [1.54, 1.807) is 24.3 Å². The lowest BCUT2D eigenvalue weighted by atomic mass is 9.99. The van der Waals surface area contributed by atoms with E-state index in [1.807, 2.05) is 13.8 Å². The summed E-state index contributed by atoms with van der Waals surface area (Å²) in [5.41, 5.74) is 7.39. The molecule has 24 heavy (non-hydrogen) atoms. The fraction of sp³-hybridized carbons (Fsp3) is 0.471. The van der Waals surface area contributed by atoms with Gasteiger partial charge in [0.05, 0.1) is 12.6 Å². The maximum Gasteiger partial charge on any atom is 0.241 e. The van der Waals surface area contributed by atoms with Gasteiger partial charge < -0.3 is 11.1 Å². The molecule has 1 aliphatic rings. The van der Waals surface area contributed by atoms with Gasteiger partial charge in [0.15, 0.2) is 0 Å². The van der Waals surface area contributed by atoms with Crippen LogP contribution < -0.4 is 11.1 Å². The summed E-state index contributed by atoms with van der Waals surface area (Å²) in [6.45, 7) is 4.21. The lowest BCUT2D eigenvalue weighted by Crippen LogP contribution is -2.40. The number of hydrogen-bond acceptors (Lipinski definition) is 4. The minimum atomic E-state index is -0.542. The van der Waals surface area contributed by atoms with Crippen LogP contribution in [0.1, 0.15) is 38.7 Å². The Morgan fingerprint density at radius 3 is 2.25 bits per heavy atom. The topological polar surface area (TPSA) is 92.5 Å². The van der Waals surface area contributed by atoms with Crippen LogP contribution in [0.25, 0.3) is 0 Å². The van der Waals surface area contributed by atoms with Crippen molar-refractivity contribution in [3.63, 3.8) is 0 Å². The molecule has 1 saturated heterocycles. The largest absolute Gasteiger partial charge is 0.325 e. The molecular formula is C17H24ClN3O3. The molecule has 1 fully saturated rings. The second-order valence-corrected chi connectivity index (χ2v) is 5.97. The molecule has 0 bridgehead atoms. The third-order valence-corrected chi connectivity index (χ3v) is 4.28. The van der Waals surface area contributed by atoms with Gasteiger partial charge >= 0.3 is 0 Å². The summed E-state index contributed by atoms with van der Waals surface area (Å²) >= 11 is 0. The molecule has 3 amide bonds. The van der Waals surface area contributed by atoms with Gasteiger partial charge in [-0.15, -0.1) is 12.4 Å². The molecule has 0 saturated carbocycles. The highest BCUT2D eigenvalue weighted by atomic mass is 35.5. The van der Waals surface area contributed by atoms with Crippen LogP contribution in [0, 0.1) is 5.92 Å². The average Bonchev–Trinajstić information content (AvgIpc) is 2.87. The summed E-state index contributed by atoms with van der Waals surface area (Å²) in [5.74, 6) is -0.364. The van der Waals surface area contributed by atoms with Crippen molar-refractivity contribution in [3.05, 3.63) is 29.8 Å². The van der Waals surface area contributed by atoms with Crippen molar-refractivity contribution >= 4 is 35.8 Å². The van der Waals surface area contributed by atoms with Gasteiger partial charge in [-0.3, -0.25) is 19.3 Å². The summed E-state index contributed by atoms with van der Waals surface area (Å²) in [6.07, 6.45) is 1.42. The first kappa shape index (κ1) is 20.1. The van der Waals surface area contributed by atoms with Crippen LogP contribution in [0.15, 0.2) is 24.3 Å². The van der Waals surface area contributed by atoms with Crippen molar-refractivity contribution in [3.8, 4) is 0 Å². The molecule has 1 aliphatic heterocycles. The number of nitrogens with zero attached hydrogens (tertiary/aromatic N) is 1. The van der Waals surface area contributed by atoms with E-state index < -0.39 is 6.04 Å². The Kier molecular flexibility index (Phi) is 7.38. The van der Waals surface area contributed by atoms with E-state index in [1.165, 1.54) is 4.90 Å². The number of rotatable bonds is 6. The number of hydrogen-bond donors (Lipinski definition) is 2. The number of benzene rings is 1. The maximum atomic E-state index is 12.0. The van der Waals surface area contributed by atoms with Crippen LogP contribution in [0.4, 0.5) is 5.69 Å². The smallest absolute Gasteiger partial charge is 0.241 e. The highest BCUT2D eigenvalue weighted by Crippen LogP contribution is 2.18. The van der Waals surface area contributed by atoms with Gasteiger partial charge in [-0.25, -0.2) is 0 Å². The average molecular weight is 354 g/mol.